The van der Waals surface area contributed by atoms with Gasteiger partial charge in [-0.2, -0.15) is 0 Å². The van der Waals surface area contributed by atoms with Crippen LogP contribution in [0.3, 0.4) is 0 Å². The Balaban J connectivity index is 2.55. The molecule has 0 bridgehead atoms. The standard InChI is InChI=1S/C14H21Cl2NO/c1-3-17-12(7-8-18-4-2)9-11-5-6-13(15)14(16)10-11/h5-6,10,12,17H,3-4,7-9H2,1-2H3. The van der Waals surface area contributed by atoms with Gasteiger partial charge in [-0.05, 0) is 44.0 Å². The third-order valence-corrected chi connectivity index (χ3v) is 3.51. The van der Waals surface area contributed by atoms with Crippen LogP contribution >= 0.6 is 23.2 Å². The van der Waals surface area contributed by atoms with E-state index < -0.39 is 0 Å². The Morgan fingerprint density at radius 1 is 1.22 bits per heavy atom. The Bertz CT molecular complexity index is 358. The normalized spacial score (nSPS) is 12.7. The van der Waals surface area contributed by atoms with Gasteiger partial charge in [0.15, 0.2) is 0 Å². The van der Waals surface area contributed by atoms with Crippen LogP contribution in [-0.2, 0) is 11.2 Å². The largest absolute Gasteiger partial charge is 0.382 e. The van der Waals surface area contributed by atoms with E-state index in [9.17, 15) is 0 Å². The summed E-state index contributed by atoms with van der Waals surface area (Å²) in [6.45, 7) is 6.64. The minimum atomic E-state index is 0.416. The van der Waals surface area contributed by atoms with Crippen LogP contribution in [0.15, 0.2) is 18.2 Å². The highest BCUT2D eigenvalue weighted by Gasteiger charge is 2.09. The lowest BCUT2D eigenvalue weighted by Gasteiger charge is -2.18. The predicted octanol–water partition coefficient (Wildman–Crippen LogP) is 3.94. The van der Waals surface area contributed by atoms with Gasteiger partial charge < -0.3 is 10.1 Å². The number of halogens is 2. The fourth-order valence-corrected chi connectivity index (χ4v) is 2.21. The van der Waals surface area contributed by atoms with E-state index in [0.717, 1.165) is 32.6 Å². The number of hydrogen-bond donors (Lipinski definition) is 1. The molecule has 0 aromatic heterocycles. The van der Waals surface area contributed by atoms with Crippen LogP contribution in [0.25, 0.3) is 0 Å². The number of benzene rings is 1. The first-order valence-corrected chi connectivity index (χ1v) is 7.18. The second-order valence-corrected chi connectivity index (χ2v) is 5.01. The van der Waals surface area contributed by atoms with Crippen LogP contribution in [0, 0.1) is 0 Å². The Hall–Kier alpha value is -0.280. The summed E-state index contributed by atoms with van der Waals surface area (Å²) in [7, 11) is 0. The quantitative estimate of drug-likeness (QED) is 0.732. The molecule has 0 aliphatic carbocycles. The highest BCUT2D eigenvalue weighted by Crippen LogP contribution is 2.23. The third kappa shape index (κ3) is 5.57. The molecule has 0 aliphatic rings. The molecule has 1 atom stereocenters. The summed E-state index contributed by atoms with van der Waals surface area (Å²) in [5.74, 6) is 0. The SMILES string of the molecule is CCNC(CCOCC)Cc1ccc(Cl)c(Cl)c1. The summed E-state index contributed by atoms with van der Waals surface area (Å²) in [5, 5.41) is 4.69. The van der Waals surface area contributed by atoms with Gasteiger partial charge in [0.2, 0.25) is 0 Å². The van der Waals surface area contributed by atoms with Crippen LogP contribution in [0.1, 0.15) is 25.8 Å². The van der Waals surface area contributed by atoms with E-state index in [4.69, 9.17) is 27.9 Å². The van der Waals surface area contributed by atoms with Gasteiger partial charge in [-0.25, -0.2) is 0 Å². The van der Waals surface area contributed by atoms with Gasteiger partial charge in [-0.1, -0.05) is 36.2 Å². The van der Waals surface area contributed by atoms with Crippen molar-refractivity contribution in [1.29, 1.82) is 0 Å². The summed E-state index contributed by atoms with van der Waals surface area (Å²) < 4.78 is 5.40. The number of ether oxygens (including phenoxy) is 1. The molecule has 0 amide bonds. The number of nitrogens with one attached hydrogen (secondary N) is 1. The van der Waals surface area contributed by atoms with E-state index in [0.29, 0.717) is 16.1 Å². The monoisotopic (exact) mass is 289 g/mol. The van der Waals surface area contributed by atoms with E-state index in [2.05, 4.69) is 12.2 Å². The topological polar surface area (TPSA) is 21.3 Å². The molecule has 1 aromatic carbocycles. The highest BCUT2D eigenvalue weighted by atomic mass is 35.5. The molecule has 1 unspecified atom stereocenters. The van der Waals surface area contributed by atoms with Crippen molar-refractivity contribution >= 4 is 23.2 Å². The van der Waals surface area contributed by atoms with Crippen LogP contribution in [0.2, 0.25) is 10.0 Å². The van der Waals surface area contributed by atoms with Gasteiger partial charge in [-0.15, -0.1) is 0 Å². The molecule has 18 heavy (non-hydrogen) atoms. The number of rotatable bonds is 8. The minimum Gasteiger partial charge on any atom is -0.382 e. The third-order valence-electron chi connectivity index (χ3n) is 2.77. The van der Waals surface area contributed by atoms with E-state index in [1.54, 1.807) is 0 Å². The summed E-state index contributed by atoms with van der Waals surface area (Å²) in [6, 6.07) is 6.23. The van der Waals surface area contributed by atoms with Crippen molar-refractivity contribution in [2.75, 3.05) is 19.8 Å². The van der Waals surface area contributed by atoms with Crippen molar-refractivity contribution in [3.8, 4) is 0 Å². The smallest absolute Gasteiger partial charge is 0.0595 e. The molecular weight excluding hydrogens is 269 g/mol. The lowest BCUT2D eigenvalue weighted by atomic mass is 10.0. The first kappa shape index (κ1) is 15.8. The van der Waals surface area contributed by atoms with Gasteiger partial charge in [0, 0.05) is 19.3 Å². The molecule has 1 aromatic rings. The summed E-state index contributed by atoms with van der Waals surface area (Å²) >= 11 is 11.9. The van der Waals surface area contributed by atoms with E-state index in [1.807, 2.05) is 25.1 Å². The van der Waals surface area contributed by atoms with Crippen LogP contribution < -0.4 is 5.32 Å². The van der Waals surface area contributed by atoms with E-state index in [-0.39, 0.29) is 0 Å². The van der Waals surface area contributed by atoms with Gasteiger partial charge >= 0.3 is 0 Å². The molecule has 0 spiro atoms. The first-order chi connectivity index (χ1) is 8.67. The molecule has 0 heterocycles. The zero-order valence-electron chi connectivity index (χ0n) is 11.0. The molecule has 1 rings (SSSR count). The van der Waals surface area contributed by atoms with Crippen molar-refractivity contribution in [3.05, 3.63) is 33.8 Å². The number of hydrogen-bond acceptors (Lipinski definition) is 2. The van der Waals surface area contributed by atoms with Crippen molar-refractivity contribution in [1.82, 2.24) is 5.32 Å². The molecule has 0 saturated heterocycles. The maximum Gasteiger partial charge on any atom is 0.0595 e. The minimum absolute atomic E-state index is 0.416. The van der Waals surface area contributed by atoms with Gasteiger partial charge in [0.1, 0.15) is 0 Å². The predicted molar refractivity (Wildman–Crippen MR) is 78.7 cm³/mol. The summed E-state index contributed by atoms with van der Waals surface area (Å²) in [5.41, 5.74) is 1.20. The molecular formula is C14H21Cl2NO. The van der Waals surface area contributed by atoms with Crippen LogP contribution in [0.5, 0.6) is 0 Å². The summed E-state index contributed by atoms with van der Waals surface area (Å²) in [6.07, 6.45) is 1.94. The molecule has 0 saturated carbocycles. The average Bonchev–Trinajstić information content (AvgIpc) is 2.34. The van der Waals surface area contributed by atoms with Crippen LogP contribution in [0.4, 0.5) is 0 Å². The Kier molecular flexibility index (Phi) is 7.68. The van der Waals surface area contributed by atoms with E-state index >= 15 is 0 Å². The van der Waals surface area contributed by atoms with E-state index in [1.165, 1.54) is 5.56 Å². The Morgan fingerprint density at radius 3 is 2.61 bits per heavy atom. The van der Waals surface area contributed by atoms with Crippen molar-refractivity contribution in [2.45, 2.75) is 32.7 Å². The van der Waals surface area contributed by atoms with Crippen LogP contribution in [-0.4, -0.2) is 25.8 Å². The molecule has 0 fully saturated rings. The fraction of sp³-hybridized carbons (Fsp3) is 0.571. The molecule has 1 N–H and O–H groups in total. The highest BCUT2D eigenvalue weighted by molar-refractivity contribution is 6.42. The lowest BCUT2D eigenvalue weighted by Crippen LogP contribution is -2.32. The lowest BCUT2D eigenvalue weighted by molar-refractivity contribution is 0.136. The van der Waals surface area contributed by atoms with Gasteiger partial charge in [0.05, 0.1) is 10.0 Å². The Labute approximate surface area is 120 Å². The zero-order chi connectivity index (χ0) is 13.4. The molecule has 0 aliphatic heterocycles. The molecule has 102 valence electrons. The first-order valence-electron chi connectivity index (χ1n) is 6.42. The average molecular weight is 290 g/mol. The second-order valence-electron chi connectivity index (χ2n) is 4.19. The molecule has 0 radical (unpaired) electrons. The van der Waals surface area contributed by atoms with Crippen molar-refractivity contribution in [3.63, 3.8) is 0 Å². The Morgan fingerprint density at radius 2 is 2.00 bits per heavy atom. The van der Waals surface area contributed by atoms with Crippen molar-refractivity contribution in [2.24, 2.45) is 0 Å². The number of likely N-dealkylation sites (N-methyl/N-ethyl adjacent to an activating group) is 1. The molecule has 2 nitrogen and oxygen atoms in total. The zero-order valence-corrected chi connectivity index (χ0v) is 12.5. The second kappa shape index (κ2) is 8.76. The fourth-order valence-electron chi connectivity index (χ4n) is 1.89. The summed E-state index contributed by atoms with van der Waals surface area (Å²) in [4.78, 5) is 0. The van der Waals surface area contributed by atoms with Crippen molar-refractivity contribution < 1.29 is 4.74 Å². The van der Waals surface area contributed by atoms with Gasteiger partial charge in [0.25, 0.3) is 0 Å². The molecule has 4 heteroatoms. The maximum absolute atomic E-state index is 6.02. The maximum atomic E-state index is 6.02. The van der Waals surface area contributed by atoms with Gasteiger partial charge in [-0.3, -0.25) is 0 Å².